The third-order valence-corrected chi connectivity index (χ3v) is 7.61. The van der Waals surface area contributed by atoms with E-state index in [1.54, 1.807) is 23.9 Å². The van der Waals surface area contributed by atoms with Crippen LogP contribution in [0.5, 0.6) is 0 Å². The van der Waals surface area contributed by atoms with Gasteiger partial charge >= 0.3 is 0 Å². The van der Waals surface area contributed by atoms with Crippen molar-refractivity contribution in [3.63, 3.8) is 0 Å². The maximum absolute atomic E-state index is 12.5. The van der Waals surface area contributed by atoms with Crippen molar-refractivity contribution in [1.82, 2.24) is 9.62 Å². The van der Waals surface area contributed by atoms with Gasteiger partial charge in [0.15, 0.2) is 0 Å². The first-order valence-electron chi connectivity index (χ1n) is 9.46. The van der Waals surface area contributed by atoms with Crippen LogP contribution in [0, 0.1) is 6.92 Å². The Morgan fingerprint density at radius 2 is 1.83 bits per heavy atom. The molecule has 1 heterocycles. The normalized spacial score (nSPS) is 14.7. The number of hydrogen-bond acceptors (Lipinski definition) is 5. The van der Waals surface area contributed by atoms with Gasteiger partial charge in [-0.3, -0.25) is 9.59 Å². The summed E-state index contributed by atoms with van der Waals surface area (Å²) in [5.74, 6) is 1.04. The number of carbonyl (C=O) groups is 2. The molecule has 1 aliphatic rings. The minimum Gasteiger partial charge on any atom is -0.355 e. The van der Waals surface area contributed by atoms with Crippen molar-refractivity contribution in [3.05, 3.63) is 65.2 Å². The van der Waals surface area contributed by atoms with Gasteiger partial charge in [0.05, 0.1) is 5.56 Å². The summed E-state index contributed by atoms with van der Waals surface area (Å²) in [4.78, 5) is 24.4. The molecule has 1 aliphatic heterocycles. The van der Waals surface area contributed by atoms with Gasteiger partial charge in [-0.05, 0) is 36.6 Å². The number of thioether (sulfide) groups is 1. The van der Waals surface area contributed by atoms with E-state index in [2.05, 4.69) is 24.4 Å². The second kappa shape index (κ2) is 9.45. The van der Waals surface area contributed by atoms with Crippen LogP contribution in [0.1, 0.15) is 34.3 Å². The molecule has 2 amide bonds. The number of benzene rings is 2. The third kappa shape index (κ3) is 5.00. The van der Waals surface area contributed by atoms with E-state index in [1.165, 1.54) is 23.3 Å². The maximum Gasteiger partial charge on any atom is 0.269 e. The van der Waals surface area contributed by atoms with Crippen molar-refractivity contribution in [2.24, 2.45) is 0 Å². The second-order valence-electron chi connectivity index (χ2n) is 6.81. The zero-order valence-electron chi connectivity index (χ0n) is 16.3. The number of aryl methyl sites for hydroxylation is 1. The van der Waals surface area contributed by atoms with Gasteiger partial charge in [0, 0.05) is 31.0 Å². The first kappa shape index (κ1) is 21.4. The van der Waals surface area contributed by atoms with Gasteiger partial charge in [-0.1, -0.05) is 36.4 Å². The van der Waals surface area contributed by atoms with E-state index in [1.807, 2.05) is 12.1 Å². The van der Waals surface area contributed by atoms with Crippen LogP contribution >= 0.6 is 11.8 Å². The molecular weight excluding hydrogens is 408 g/mol. The minimum atomic E-state index is -3.80. The molecule has 2 aromatic rings. The van der Waals surface area contributed by atoms with Gasteiger partial charge in [0.2, 0.25) is 5.91 Å². The summed E-state index contributed by atoms with van der Waals surface area (Å²) in [5, 5.41) is 2.85. The Kier molecular flexibility index (Phi) is 6.97. The lowest BCUT2D eigenvalue weighted by Crippen LogP contribution is -2.32. The van der Waals surface area contributed by atoms with Crippen LogP contribution in [0.15, 0.2) is 53.4 Å². The number of carbonyl (C=O) groups excluding carboxylic acids is 2. The Bertz CT molecular complexity index is 1010. The minimum absolute atomic E-state index is 0.00526. The van der Waals surface area contributed by atoms with E-state index in [4.69, 9.17) is 0 Å². The monoisotopic (exact) mass is 432 g/mol. The van der Waals surface area contributed by atoms with Crippen LogP contribution in [-0.4, -0.2) is 43.4 Å². The molecule has 0 saturated carbocycles. The summed E-state index contributed by atoms with van der Waals surface area (Å²) in [6.45, 7) is 2.65. The van der Waals surface area contributed by atoms with Crippen molar-refractivity contribution in [2.75, 3.05) is 18.8 Å². The van der Waals surface area contributed by atoms with Crippen molar-refractivity contribution in [2.45, 2.75) is 30.4 Å². The molecule has 0 saturated heterocycles. The van der Waals surface area contributed by atoms with Crippen molar-refractivity contribution in [1.29, 1.82) is 0 Å². The largest absolute Gasteiger partial charge is 0.355 e. The summed E-state index contributed by atoms with van der Waals surface area (Å²) in [6.07, 6.45) is 0.471. The van der Waals surface area contributed by atoms with E-state index in [9.17, 15) is 18.0 Å². The Balaban J connectivity index is 1.36. The van der Waals surface area contributed by atoms with Gasteiger partial charge < -0.3 is 5.32 Å². The number of fused-ring (bicyclic) bond motifs is 1. The number of nitrogens with one attached hydrogen (secondary N) is 1. The predicted molar refractivity (Wildman–Crippen MR) is 114 cm³/mol. The molecule has 0 aliphatic carbocycles. The standard InChI is InChI=1S/C21H24N2O4S2/c1-16-7-2-3-8-17(16)15-28-14-12-22-20(24)11-6-13-23-21(25)18-9-4-5-10-19(18)29(23,26)27/h2-5,7-10H,6,11-15H2,1H3,(H,22,24). The lowest BCUT2D eigenvalue weighted by molar-refractivity contribution is -0.121. The predicted octanol–water partition coefficient (Wildman–Crippen LogP) is 2.97. The van der Waals surface area contributed by atoms with Gasteiger partial charge in [-0.15, -0.1) is 0 Å². The molecule has 6 nitrogen and oxygen atoms in total. The molecule has 154 valence electrons. The van der Waals surface area contributed by atoms with Gasteiger partial charge in [0.25, 0.3) is 15.9 Å². The van der Waals surface area contributed by atoms with Crippen LogP contribution in [0.4, 0.5) is 0 Å². The van der Waals surface area contributed by atoms with E-state index in [-0.39, 0.29) is 29.3 Å². The molecule has 3 rings (SSSR count). The highest BCUT2D eigenvalue weighted by molar-refractivity contribution is 7.98. The average Bonchev–Trinajstić information content (AvgIpc) is 2.90. The SMILES string of the molecule is Cc1ccccc1CSCCNC(=O)CCCN1C(=O)c2ccccc2S1(=O)=O. The van der Waals surface area contributed by atoms with Crippen LogP contribution < -0.4 is 5.32 Å². The fourth-order valence-electron chi connectivity index (χ4n) is 3.14. The number of amides is 2. The molecule has 0 atom stereocenters. The molecule has 29 heavy (non-hydrogen) atoms. The quantitative estimate of drug-likeness (QED) is 0.616. The van der Waals surface area contributed by atoms with E-state index in [0.29, 0.717) is 13.0 Å². The first-order chi connectivity index (χ1) is 13.9. The van der Waals surface area contributed by atoms with Gasteiger partial charge in [0.1, 0.15) is 4.90 Å². The first-order valence-corrected chi connectivity index (χ1v) is 12.1. The molecule has 0 radical (unpaired) electrons. The fourth-order valence-corrected chi connectivity index (χ4v) is 5.68. The highest BCUT2D eigenvalue weighted by Crippen LogP contribution is 2.29. The molecule has 1 N–H and O–H groups in total. The summed E-state index contributed by atoms with van der Waals surface area (Å²) in [6, 6.07) is 14.4. The van der Waals surface area contributed by atoms with Crippen LogP contribution in [-0.2, 0) is 20.6 Å². The highest BCUT2D eigenvalue weighted by atomic mass is 32.2. The molecule has 8 heteroatoms. The summed E-state index contributed by atoms with van der Waals surface area (Å²) in [5.41, 5.74) is 2.75. The van der Waals surface area contributed by atoms with Crippen LogP contribution in [0.2, 0.25) is 0 Å². The number of nitrogens with zero attached hydrogens (tertiary/aromatic N) is 1. The fraction of sp³-hybridized carbons (Fsp3) is 0.333. The zero-order valence-corrected chi connectivity index (χ0v) is 17.9. The molecule has 0 unspecified atom stereocenters. The van der Waals surface area contributed by atoms with Gasteiger partial charge in [-0.25, -0.2) is 12.7 Å². The van der Waals surface area contributed by atoms with E-state index in [0.717, 1.165) is 15.8 Å². The Morgan fingerprint density at radius 3 is 2.59 bits per heavy atom. The molecule has 0 bridgehead atoms. The Morgan fingerprint density at radius 1 is 1.10 bits per heavy atom. The number of sulfonamides is 1. The van der Waals surface area contributed by atoms with E-state index < -0.39 is 15.9 Å². The molecule has 0 fully saturated rings. The van der Waals surface area contributed by atoms with Crippen molar-refractivity contribution in [3.8, 4) is 0 Å². The van der Waals surface area contributed by atoms with Crippen molar-refractivity contribution < 1.29 is 18.0 Å². The lowest BCUT2D eigenvalue weighted by Gasteiger charge is -2.14. The average molecular weight is 433 g/mol. The van der Waals surface area contributed by atoms with Crippen molar-refractivity contribution >= 4 is 33.6 Å². The molecule has 2 aromatic carbocycles. The second-order valence-corrected chi connectivity index (χ2v) is 9.75. The summed E-state index contributed by atoms with van der Waals surface area (Å²) < 4.78 is 25.8. The Labute approximate surface area is 175 Å². The highest BCUT2D eigenvalue weighted by Gasteiger charge is 2.40. The molecule has 0 aromatic heterocycles. The summed E-state index contributed by atoms with van der Waals surface area (Å²) in [7, 11) is -3.80. The number of rotatable bonds is 9. The van der Waals surface area contributed by atoms with E-state index >= 15 is 0 Å². The summed E-state index contributed by atoms with van der Waals surface area (Å²) >= 11 is 1.75. The van der Waals surface area contributed by atoms with Gasteiger partial charge in [-0.2, -0.15) is 11.8 Å². The van der Waals surface area contributed by atoms with Crippen LogP contribution in [0.25, 0.3) is 0 Å². The number of hydrogen-bond donors (Lipinski definition) is 1. The third-order valence-electron chi connectivity index (χ3n) is 4.76. The smallest absolute Gasteiger partial charge is 0.269 e. The molecule has 0 spiro atoms. The maximum atomic E-state index is 12.5. The Hall–Kier alpha value is -2.32. The topological polar surface area (TPSA) is 83.6 Å². The zero-order chi connectivity index (χ0) is 20.9. The lowest BCUT2D eigenvalue weighted by atomic mass is 10.1. The molecular formula is C21H24N2O4S2. The van der Waals surface area contributed by atoms with Crippen LogP contribution in [0.3, 0.4) is 0 Å².